The minimum Gasteiger partial charge on any atom is -0.497 e. The van der Waals surface area contributed by atoms with Gasteiger partial charge in [-0.25, -0.2) is 9.97 Å². The first-order valence-electron chi connectivity index (χ1n) is 8.34. The molecule has 1 aromatic carbocycles. The smallest absolute Gasteiger partial charge is 0.226 e. The van der Waals surface area contributed by atoms with Crippen LogP contribution < -0.4 is 10.1 Å². The molecule has 0 unspecified atom stereocenters. The number of nitrogens with one attached hydrogen (secondary N) is 1. The van der Waals surface area contributed by atoms with E-state index in [2.05, 4.69) is 25.4 Å². The summed E-state index contributed by atoms with van der Waals surface area (Å²) >= 11 is 5.72. The summed E-state index contributed by atoms with van der Waals surface area (Å²) in [5.74, 6) is 2.11. The second kappa shape index (κ2) is 9.09. The number of ether oxygens (including phenoxy) is 1. The van der Waals surface area contributed by atoms with Crippen molar-refractivity contribution in [2.45, 2.75) is 25.8 Å². The Bertz CT molecular complexity index is 898. The summed E-state index contributed by atoms with van der Waals surface area (Å²) < 4.78 is 10.4. The van der Waals surface area contributed by atoms with Gasteiger partial charge in [-0.05, 0) is 18.6 Å². The second-order valence-corrected chi connectivity index (χ2v) is 6.13. The van der Waals surface area contributed by atoms with E-state index in [0.29, 0.717) is 41.8 Å². The highest BCUT2D eigenvalue weighted by Gasteiger charge is 2.10. The summed E-state index contributed by atoms with van der Waals surface area (Å²) in [7, 11) is 1.60. The van der Waals surface area contributed by atoms with E-state index in [1.54, 1.807) is 7.11 Å². The SMILES string of the molecule is COc1cccc(-c2noc(CCCC(=O)NCc3ncc(Cl)cn3)n2)c1. The Labute approximate surface area is 160 Å². The number of nitrogens with zero attached hydrogens (tertiary/aromatic N) is 4. The van der Waals surface area contributed by atoms with Crippen LogP contribution >= 0.6 is 11.6 Å². The van der Waals surface area contributed by atoms with E-state index in [1.165, 1.54) is 12.4 Å². The van der Waals surface area contributed by atoms with Crippen molar-refractivity contribution in [2.75, 3.05) is 7.11 Å². The highest BCUT2D eigenvalue weighted by atomic mass is 35.5. The van der Waals surface area contributed by atoms with Crippen LogP contribution in [-0.2, 0) is 17.8 Å². The Morgan fingerprint density at radius 3 is 2.89 bits per heavy atom. The number of carbonyl (C=O) groups is 1. The molecule has 3 aromatic rings. The third-order valence-corrected chi connectivity index (χ3v) is 3.90. The van der Waals surface area contributed by atoms with Gasteiger partial charge in [0, 0.05) is 30.8 Å². The predicted octanol–water partition coefficient (Wildman–Crippen LogP) is 2.83. The number of hydrogen-bond donors (Lipinski definition) is 1. The number of halogens is 1. The van der Waals surface area contributed by atoms with Crippen LogP contribution in [0.25, 0.3) is 11.4 Å². The van der Waals surface area contributed by atoms with E-state index in [1.807, 2.05) is 24.3 Å². The maximum absolute atomic E-state index is 11.9. The maximum Gasteiger partial charge on any atom is 0.226 e. The average molecular weight is 388 g/mol. The molecule has 0 aliphatic heterocycles. The van der Waals surface area contributed by atoms with Crippen LogP contribution in [0, 0.1) is 0 Å². The molecule has 0 fully saturated rings. The molecule has 0 aliphatic carbocycles. The molecular weight excluding hydrogens is 370 g/mol. The van der Waals surface area contributed by atoms with E-state index in [-0.39, 0.29) is 12.5 Å². The van der Waals surface area contributed by atoms with Crippen LogP contribution in [0.2, 0.25) is 5.02 Å². The van der Waals surface area contributed by atoms with Crippen molar-refractivity contribution in [3.8, 4) is 17.1 Å². The fourth-order valence-corrected chi connectivity index (χ4v) is 2.43. The number of benzene rings is 1. The fraction of sp³-hybridized carbons (Fsp3) is 0.278. The topological polar surface area (TPSA) is 103 Å². The lowest BCUT2D eigenvalue weighted by Crippen LogP contribution is -2.23. The number of carbonyl (C=O) groups excluding carboxylic acids is 1. The van der Waals surface area contributed by atoms with Crippen LogP contribution in [-0.4, -0.2) is 33.1 Å². The molecule has 2 heterocycles. The molecule has 1 N–H and O–H groups in total. The van der Waals surface area contributed by atoms with Gasteiger partial charge < -0.3 is 14.6 Å². The Morgan fingerprint density at radius 1 is 1.30 bits per heavy atom. The van der Waals surface area contributed by atoms with E-state index in [0.717, 1.165) is 11.3 Å². The highest BCUT2D eigenvalue weighted by Crippen LogP contribution is 2.21. The molecule has 27 heavy (non-hydrogen) atoms. The summed E-state index contributed by atoms with van der Waals surface area (Å²) in [6.45, 7) is 0.260. The first-order valence-corrected chi connectivity index (χ1v) is 8.72. The van der Waals surface area contributed by atoms with E-state index in [4.69, 9.17) is 20.9 Å². The van der Waals surface area contributed by atoms with Gasteiger partial charge in [-0.15, -0.1) is 0 Å². The monoisotopic (exact) mass is 387 g/mol. The van der Waals surface area contributed by atoms with Gasteiger partial charge in [-0.3, -0.25) is 4.79 Å². The summed E-state index contributed by atoms with van der Waals surface area (Å²) in [5, 5.41) is 7.19. The largest absolute Gasteiger partial charge is 0.497 e. The van der Waals surface area contributed by atoms with E-state index in [9.17, 15) is 4.79 Å². The van der Waals surface area contributed by atoms with Gasteiger partial charge in [0.2, 0.25) is 17.6 Å². The van der Waals surface area contributed by atoms with Crippen molar-refractivity contribution in [1.82, 2.24) is 25.4 Å². The molecule has 3 rings (SSSR count). The molecule has 0 spiro atoms. The third-order valence-electron chi connectivity index (χ3n) is 3.71. The molecule has 1 amide bonds. The zero-order valence-electron chi connectivity index (χ0n) is 14.7. The highest BCUT2D eigenvalue weighted by molar-refractivity contribution is 6.30. The van der Waals surface area contributed by atoms with Crippen LogP contribution in [0.3, 0.4) is 0 Å². The molecule has 0 aliphatic rings. The van der Waals surface area contributed by atoms with Crippen LogP contribution in [0.5, 0.6) is 5.75 Å². The molecule has 8 nitrogen and oxygen atoms in total. The fourth-order valence-electron chi connectivity index (χ4n) is 2.33. The lowest BCUT2D eigenvalue weighted by Gasteiger charge is -2.03. The summed E-state index contributed by atoms with van der Waals surface area (Å²) in [6, 6.07) is 7.42. The molecule has 0 saturated heterocycles. The number of aromatic nitrogens is 4. The van der Waals surface area contributed by atoms with Crippen LogP contribution in [0.15, 0.2) is 41.2 Å². The minimum absolute atomic E-state index is 0.0962. The van der Waals surface area contributed by atoms with Crippen molar-refractivity contribution >= 4 is 17.5 Å². The summed E-state index contributed by atoms with van der Waals surface area (Å²) in [6.07, 6.45) is 4.43. The lowest BCUT2D eigenvalue weighted by atomic mass is 10.2. The van der Waals surface area contributed by atoms with Crippen LogP contribution in [0.1, 0.15) is 24.6 Å². The van der Waals surface area contributed by atoms with Crippen molar-refractivity contribution < 1.29 is 14.1 Å². The Hall–Kier alpha value is -3.00. The van der Waals surface area contributed by atoms with Gasteiger partial charge in [0.05, 0.1) is 18.7 Å². The maximum atomic E-state index is 11.9. The summed E-state index contributed by atoms with van der Waals surface area (Å²) in [5.41, 5.74) is 0.810. The molecule has 0 bridgehead atoms. The quantitative estimate of drug-likeness (QED) is 0.633. The van der Waals surface area contributed by atoms with Gasteiger partial charge in [-0.2, -0.15) is 4.98 Å². The lowest BCUT2D eigenvalue weighted by molar-refractivity contribution is -0.121. The van der Waals surface area contributed by atoms with Crippen molar-refractivity contribution in [3.05, 3.63) is 53.4 Å². The van der Waals surface area contributed by atoms with Gasteiger partial charge in [0.25, 0.3) is 0 Å². The number of rotatable bonds is 8. The zero-order valence-corrected chi connectivity index (χ0v) is 15.4. The molecule has 0 saturated carbocycles. The standard InChI is InChI=1S/C18H18ClN5O3/c1-26-14-5-2-4-12(8-14)18-23-17(27-24-18)7-3-6-16(25)22-11-15-20-9-13(19)10-21-15/h2,4-5,8-10H,3,6-7,11H2,1H3,(H,22,25). The normalized spacial score (nSPS) is 10.6. The van der Waals surface area contributed by atoms with Crippen molar-refractivity contribution in [1.29, 1.82) is 0 Å². The third kappa shape index (κ3) is 5.49. The van der Waals surface area contributed by atoms with Crippen molar-refractivity contribution in [2.24, 2.45) is 0 Å². The first-order chi connectivity index (χ1) is 13.1. The van der Waals surface area contributed by atoms with Gasteiger partial charge >= 0.3 is 0 Å². The molecule has 140 valence electrons. The summed E-state index contributed by atoms with van der Waals surface area (Å²) in [4.78, 5) is 24.3. The second-order valence-electron chi connectivity index (χ2n) is 5.69. The Morgan fingerprint density at radius 2 is 2.11 bits per heavy atom. The number of methoxy groups -OCH3 is 1. The van der Waals surface area contributed by atoms with Gasteiger partial charge in [0.15, 0.2) is 0 Å². The number of aryl methyl sites for hydroxylation is 1. The van der Waals surface area contributed by atoms with Gasteiger partial charge in [-0.1, -0.05) is 28.9 Å². The van der Waals surface area contributed by atoms with Crippen molar-refractivity contribution in [3.63, 3.8) is 0 Å². The van der Waals surface area contributed by atoms with E-state index >= 15 is 0 Å². The number of amides is 1. The average Bonchev–Trinajstić information content (AvgIpc) is 3.16. The molecule has 2 aromatic heterocycles. The van der Waals surface area contributed by atoms with Gasteiger partial charge in [0.1, 0.15) is 11.6 Å². The molecule has 0 radical (unpaired) electrons. The number of hydrogen-bond acceptors (Lipinski definition) is 7. The van der Waals surface area contributed by atoms with Crippen LogP contribution in [0.4, 0.5) is 0 Å². The zero-order chi connectivity index (χ0) is 19.1. The Kier molecular flexibility index (Phi) is 6.32. The molecular formula is C18H18ClN5O3. The molecule has 9 heteroatoms. The first kappa shape index (κ1) is 18.8. The van der Waals surface area contributed by atoms with E-state index < -0.39 is 0 Å². The Balaban J connectivity index is 1.44. The molecule has 0 atom stereocenters. The minimum atomic E-state index is -0.0962. The predicted molar refractivity (Wildman–Crippen MR) is 98.1 cm³/mol.